The largest absolute Gasteiger partial charge is 0.497 e. The van der Waals surface area contributed by atoms with Crippen molar-refractivity contribution in [3.63, 3.8) is 0 Å². The number of likely N-dealkylation sites (N-methyl/N-ethyl adjacent to an activating group) is 1. The van der Waals surface area contributed by atoms with E-state index in [9.17, 15) is 18.0 Å². The Morgan fingerprint density at radius 1 is 1.05 bits per heavy atom. The van der Waals surface area contributed by atoms with E-state index >= 15 is 0 Å². The van der Waals surface area contributed by atoms with Crippen LogP contribution in [0.25, 0.3) is 0 Å². The maximum Gasteiger partial charge on any atom is 0.330 e. The van der Waals surface area contributed by atoms with Crippen molar-refractivity contribution < 1.29 is 22.7 Å². The second kappa shape index (κ2) is 11.1. The molecule has 3 aromatic rings. The molecule has 0 saturated carbocycles. The molecular formula is C26H27ClN4O5S. The van der Waals surface area contributed by atoms with E-state index in [0.717, 1.165) is 9.87 Å². The molecule has 0 saturated heterocycles. The van der Waals surface area contributed by atoms with Crippen LogP contribution in [0.3, 0.4) is 0 Å². The Morgan fingerprint density at radius 3 is 2.43 bits per heavy atom. The fraction of sp³-hybridized carbons (Fsp3) is 0.231. The third kappa shape index (κ3) is 5.98. The molecule has 1 atom stereocenters. The first-order valence-corrected chi connectivity index (χ1v) is 13.4. The maximum atomic E-state index is 13.4. The minimum absolute atomic E-state index is 0.147. The number of benzene rings is 3. The zero-order chi connectivity index (χ0) is 26.6. The van der Waals surface area contributed by atoms with Gasteiger partial charge in [0.15, 0.2) is 0 Å². The fourth-order valence-electron chi connectivity index (χ4n) is 4.19. The van der Waals surface area contributed by atoms with Crippen molar-refractivity contribution in [1.82, 2.24) is 10.0 Å². The van der Waals surface area contributed by atoms with Crippen LogP contribution in [0.15, 0.2) is 72.8 Å². The molecule has 9 nitrogen and oxygen atoms in total. The Kier molecular flexibility index (Phi) is 7.89. The smallest absolute Gasteiger partial charge is 0.330 e. The second-order valence-corrected chi connectivity index (χ2v) is 10.5. The molecule has 4 rings (SSSR count). The van der Waals surface area contributed by atoms with Crippen LogP contribution in [-0.4, -0.2) is 47.1 Å². The third-order valence-corrected chi connectivity index (χ3v) is 7.87. The number of methoxy groups -OCH3 is 1. The Balaban J connectivity index is 1.52. The number of carbonyl (C=O) groups is 2. The van der Waals surface area contributed by atoms with Crippen molar-refractivity contribution in [2.75, 3.05) is 29.9 Å². The highest BCUT2D eigenvalue weighted by molar-refractivity contribution is 7.91. The average molecular weight is 543 g/mol. The van der Waals surface area contributed by atoms with Gasteiger partial charge in [-0.25, -0.2) is 9.52 Å². The van der Waals surface area contributed by atoms with Gasteiger partial charge in [0, 0.05) is 30.7 Å². The highest BCUT2D eigenvalue weighted by Gasteiger charge is 2.33. The lowest BCUT2D eigenvalue weighted by molar-refractivity contribution is -0.120. The first-order chi connectivity index (χ1) is 17.7. The van der Waals surface area contributed by atoms with Gasteiger partial charge in [-0.2, -0.15) is 8.42 Å². The molecule has 0 spiro atoms. The monoisotopic (exact) mass is 542 g/mol. The van der Waals surface area contributed by atoms with E-state index in [-0.39, 0.29) is 13.0 Å². The van der Waals surface area contributed by atoms with Gasteiger partial charge in [0.2, 0.25) is 5.91 Å². The highest BCUT2D eigenvalue weighted by atomic mass is 35.5. The van der Waals surface area contributed by atoms with Crippen LogP contribution in [0.1, 0.15) is 11.1 Å². The number of urea groups is 1. The molecule has 194 valence electrons. The lowest BCUT2D eigenvalue weighted by Crippen LogP contribution is -2.54. The van der Waals surface area contributed by atoms with Crippen LogP contribution < -0.4 is 24.0 Å². The summed E-state index contributed by atoms with van der Waals surface area (Å²) in [6.45, 7) is 0.147. The number of ether oxygens (including phenoxy) is 1. The summed E-state index contributed by atoms with van der Waals surface area (Å²) in [7, 11) is -1.11. The van der Waals surface area contributed by atoms with E-state index < -0.39 is 28.2 Å². The number of carbonyl (C=O) groups excluding carboxylic acids is 2. The second-order valence-electron chi connectivity index (χ2n) is 8.48. The van der Waals surface area contributed by atoms with Gasteiger partial charge in [-0.3, -0.25) is 9.10 Å². The number of hydrogen-bond acceptors (Lipinski definition) is 5. The molecule has 0 bridgehead atoms. The summed E-state index contributed by atoms with van der Waals surface area (Å²) in [5.74, 6) is 0.220. The zero-order valence-corrected chi connectivity index (χ0v) is 21.9. The molecule has 2 N–H and O–H groups in total. The van der Waals surface area contributed by atoms with Crippen molar-refractivity contribution in [2.45, 2.75) is 18.9 Å². The van der Waals surface area contributed by atoms with Crippen molar-refractivity contribution >= 4 is 45.1 Å². The Hall–Kier alpha value is -3.76. The maximum absolute atomic E-state index is 13.4. The molecule has 1 aliphatic heterocycles. The molecule has 0 aliphatic carbocycles. The van der Waals surface area contributed by atoms with Crippen LogP contribution in [0, 0.1) is 0 Å². The summed E-state index contributed by atoms with van der Waals surface area (Å²) in [6.07, 6.45) is 0.592. The summed E-state index contributed by atoms with van der Waals surface area (Å²) in [5.41, 5.74) is 2.51. The summed E-state index contributed by atoms with van der Waals surface area (Å²) >= 11 is 6.20. The molecule has 3 aromatic carbocycles. The normalized spacial score (nSPS) is 13.4. The van der Waals surface area contributed by atoms with E-state index in [1.807, 2.05) is 35.1 Å². The molecule has 3 amide bonds. The lowest BCUT2D eigenvalue weighted by Gasteiger charge is -2.26. The van der Waals surface area contributed by atoms with E-state index in [1.54, 1.807) is 56.6 Å². The molecule has 0 fully saturated rings. The van der Waals surface area contributed by atoms with Crippen LogP contribution in [-0.2, 0) is 27.8 Å². The number of amides is 3. The predicted octanol–water partition coefficient (Wildman–Crippen LogP) is 3.53. The molecule has 0 aromatic heterocycles. The first-order valence-electron chi connectivity index (χ1n) is 11.5. The molecule has 37 heavy (non-hydrogen) atoms. The topological polar surface area (TPSA) is 108 Å². The predicted molar refractivity (Wildman–Crippen MR) is 143 cm³/mol. The minimum atomic E-state index is -4.24. The molecular weight excluding hydrogens is 516 g/mol. The van der Waals surface area contributed by atoms with Gasteiger partial charge in [0.05, 0.1) is 12.8 Å². The number of nitrogens with zero attached hydrogens (tertiary/aromatic N) is 2. The summed E-state index contributed by atoms with van der Waals surface area (Å²) in [5, 5.41) is 3.02. The average Bonchev–Trinajstić information content (AvgIpc) is 3.34. The van der Waals surface area contributed by atoms with Crippen LogP contribution in [0.4, 0.5) is 16.2 Å². The summed E-state index contributed by atoms with van der Waals surface area (Å²) in [4.78, 5) is 27.7. The number of anilines is 2. The number of nitrogens with one attached hydrogen (secondary N) is 2. The third-order valence-electron chi connectivity index (χ3n) is 6.12. The van der Waals surface area contributed by atoms with Gasteiger partial charge in [0.25, 0.3) is 0 Å². The number of halogens is 1. The van der Waals surface area contributed by atoms with Crippen LogP contribution in [0.5, 0.6) is 5.75 Å². The Labute approximate surface area is 221 Å². The molecule has 1 heterocycles. The molecule has 0 radical (unpaired) electrons. The summed E-state index contributed by atoms with van der Waals surface area (Å²) < 4.78 is 34.4. The quantitative estimate of drug-likeness (QED) is 0.453. The lowest BCUT2D eigenvalue weighted by atomic mass is 10.0. The van der Waals surface area contributed by atoms with E-state index in [1.165, 1.54) is 4.90 Å². The van der Waals surface area contributed by atoms with Gasteiger partial charge in [-0.1, -0.05) is 48.0 Å². The number of fused-ring (bicyclic) bond motifs is 1. The Morgan fingerprint density at radius 2 is 1.76 bits per heavy atom. The van der Waals surface area contributed by atoms with Gasteiger partial charge < -0.3 is 15.0 Å². The number of rotatable bonds is 8. The van der Waals surface area contributed by atoms with E-state index in [2.05, 4.69) is 5.32 Å². The van der Waals surface area contributed by atoms with E-state index in [0.29, 0.717) is 34.1 Å². The van der Waals surface area contributed by atoms with Crippen molar-refractivity contribution in [1.29, 1.82) is 0 Å². The first kappa shape index (κ1) is 26.3. The standard InChI is InChI=1S/C26H27ClN4O5S/c1-30(19-11-13-20(36-2)14-12-19)25(32)23(17-18-7-4-3-5-8-18)28-26(33)29-37(34,35)31-16-15-21-22(27)9-6-10-24(21)31/h3-14,23H,15-17H2,1-2H3,(H2,28,29,33). The Bertz CT molecular complexity index is 1380. The molecule has 1 unspecified atom stereocenters. The van der Waals surface area contributed by atoms with Gasteiger partial charge in [-0.05, 0) is 53.9 Å². The zero-order valence-electron chi connectivity index (χ0n) is 20.3. The minimum Gasteiger partial charge on any atom is -0.497 e. The van der Waals surface area contributed by atoms with Gasteiger partial charge >= 0.3 is 16.2 Å². The molecule has 11 heteroatoms. The molecule has 1 aliphatic rings. The highest BCUT2D eigenvalue weighted by Crippen LogP contribution is 2.34. The SMILES string of the molecule is COc1ccc(N(C)C(=O)C(Cc2ccccc2)NC(=O)NS(=O)(=O)N2CCc3c(Cl)cccc32)cc1. The number of hydrogen-bond donors (Lipinski definition) is 2. The fourth-order valence-corrected chi connectivity index (χ4v) is 5.62. The van der Waals surface area contributed by atoms with Crippen molar-refractivity contribution in [3.8, 4) is 5.75 Å². The van der Waals surface area contributed by atoms with Crippen molar-refractivity contribution in [2.24, 2.45) is 0 Å². The summed E-state index contributed by atoms with van der Waals surface area (Å²) in [6, 6.07) is 19.0. The van der Waals surface area contributed by atoms with Crippen LogP contribution >= 0.6 is 11.6 Å². The van der Waals surface area contributed by atoms with Gasteiger partial charge in [-0.15, -0.1) is 0 Å². The van der Waals surface area contributed by atoms with Crippen LogP contribution in [0.2, 0.25) is 5.02 Å². The van der Waals surface area contributed by atoms with Gasteiger partial charge in [0.1, 0.15) is 11.8 Å². The van der Waals surface area contributed by atoms with E-state index in [4.69, 9.17) is 16.3 Å². The van der Waals surface area contributed by atoms with Crippen molar-refractivity contribution in [3.05, 3.63) is 88.9 Å².